The number of nitrogens with zero attached hydrogens (tertiary/aromatic N) is 1. The summed E-state index contributed by atoms with van der Waals surface area (Å²) in [6, 6.07) is 2.82. The van der Waals surface area contributed by atoms with E-state index in [2.05, 4.69) is 5.32 Å². The first kappa shape index (κ1) is 15.9. The lowest BCUT2D eigenvalue weighted by atomic mass is 10.1. The van der Waals surface area contributed by atoms with Crippen LogP contribution in [0.25, 0.3) is 0 Å². The minimum Gasteiger partial charge on any atom is -0.486 e. The molecule has 1 unspecified atom stereocenters. The zero-order valence-electron chi connectivity index (χ0n) is 12.2. The van der Waals surface area contributed by atoms with Crippen LogP contribution >= 0.6 is 11.6 Å². The molecule has 1 amide bonds. The van der Waals surface area contributed by atoms with E-state index in [1.54, 1.807) is 12.1 Å². The van der Waals surface area contributed by atoms with E-state index < -0.39 is 11.9 Å². The fourth-order valence-electron chi connectivity index (χ4n) is 2.11. The second kappa shape index (κ2) is 6.98. The number of hydrogen-bond acceptors (Lipinski definition) is 5. The largest absolute Gasteiger partial charge is 0.486 e. The second-order valence-electron chi connectivity index (χ2n) is 5.12. The van der Waals surface area contributed by atoms with Gasteiger partial charge in [0.05, 0.1) is 5.02 Å². The number of amides is 1. The minimum absolute atomic E-state index is 0.419. The zero-order chi connectivity index (χ0) is 15.4. The second-order valence-corrected chi connectivity index (χ2v) is 5.53. The summed E-state index contributed by atoms with van der Waals surface area (Å²) in [4.78, 5) is 13.7. The van der Waals surface area contributed by atoms with Gasteiger partial charge < -0.3 is 25.4 Å². The predicted molar refractivity (Wildman–Crippen MR) is 80.9 cm³/mol. The topological polar surface area (TPSA) is 76.8 Å². The molecular formula is C14H20ClN3O3. The number of fused-ring (bicyclic) bond motifs is 1. The molecule has 1 heterocycles. The van der Waals surface area contributed by atoms with Crippen molar-refractivity contribution in [1.82, 2.24) is 10.2 Å². The van der Waals surface area contributed by atoms with Crippen molar-refractivity contribution in [3.63, 3.8) is 0 Å². The van der Waals surface area contributed by atoms with Crippen molar-refractivity contribution in [1.29, 1.82) is 0 Å². The predicted octanol–water partition coefficient (Wildman–Crippen LogP) is 0.789. The maximum absolute atomic E-state index is 11.7. The highest BCUT2D eigenvalue weighted by Gasteiger charge is 2.23. The number of ether oxygens (including phenoxy) is 2. The molecule has 0 aliphatic carbocycles. The van der Waals surface area contributed by atoms with Crippen LogP contribution in [0, 0.1) is 0 Å². The van der Waals surface area contributed by atoms with Gasteiger partial charge in [0.2, 0.25) is 5.91 Å². The van der Waals surface area contributed by atoms with E-state index in [1.165, 1.54) is 0 Å². The van der Waals surface area contributed by atoms with Crippen LogP contribution < -0.4 is 20.5 Å². The summed E-state index contributed by atoms with van der Waals surface area (Å²) in [5.74, 6) is 0.606. The molecule has 0 saturated carbocycles. The molecule has 1 aromatic carbocycles. The standard InChI is InChI=1S/C14H20ClN3O3/c1-18(2)4-3-17-12(14(16)19)9-7-10(15)13-11(8-9)20-5-6-21-13/h7-8,12,17H,3-6H2,1-2H3,(H2,16,19). The molecule has 1 aliphatic rings. The number of carbonyl (C=O) groups is 1. The fraction of sp³-hybridized carbons (Fsp3) is 0.500. The molecule has 7 heteroatoms. The smallest absolute Gasteiger partial charge is 0.239 e. The monoisotopic (exact) mass is 313 g/mol. The summed E-state index contributed by atoms with van der Waals surface area (Å²) < 4.78 is 11.0. The number of benzene rings is 1. The third-order valence-electron chi connectivity index (χ3n) is 3.14. The molecule has 0 spiro atoms. The van der Waals surface area contributed by atoms with Gasteiger partial charge in [-0.1, -0.05) is 11.6 Å². The Labute approximate surface area is 129 Å². The Morgan fingerprint density at radius 3 is 2.81 bits per heavy atom. The molecule has 0 saturated heterocycles. The average molecular weight is 314 g/mol. The summed E-state index contributed by atoms with van der Waals surface area (Å²) in [6.45, 7) is 2.35. The van der Waals surface area contributed by atoms with Gasteiger partial charge in [0.15, 0.2) is 11.5 Å². The maximum atomic E-state index is 11.7. The molecule has 2 rings (SSSR count). The van der Waals surface area contributed by atoms with E-state index in [-0.39, 0.29) is 0 Å². The first-order valence-corrected chi connectivity index (χ1v) is 7.13. The lowest BCUT2D eigenvalue weighted by Gasteiger charge is -2.23. The number of nitrogens with two attached hydrogens (primary N) is 1. The van der Waals surface area contributed by atoms with E-state index in [0.717, 1.165) is 6.54 Å². The van der Waals surface area contributed by atoms with Crippen molar-refractivity contribution in [2.24, 2.45) is 5.73 Å². The van der Waals surface area contributed by atoms with Crippen LogP contribution in [0.4, 0.5) is 0 Å². The molecule has 0 fully saturated rings. The van der Waals surface area contributed by atoms with Gasteiger partial charge in [0, 0.05) is 13.1 Å². The fourth-order valence-corrected chi connectivity index (χ4v) is 2.39. The lowest BCUT2D eigenvalue weighted by Crippen LogP contribution is -2.37. The number of rotatable bonds is 6. The Hall–Kier alpha value is -1.50. The van der Waals surface area contributed by atoms with Gasteiger partial charge >= 0.3 is 0 Å². The normalized spacial score (nSPS) is 15.0. The molecule has 1 aromatic rings. The van der Waals surface area contributed by atoms with E-state index in [9.17, 15) is 4.79 Å². The van der Waals surface area contributed by atoms with Crippen LogP contribution in [0.5, 0.6) is 11.5 Å². The van der Waals surface area contributed by atoms with Crippen molar-refractivity contribution >= 4 is 17.5 Å². The molecule has 0 radical (unpaired) electrons. The molecule has 0 aromatic heterocycles. The number of primary amides is 1. The van der Waals surface area contributed by atoms with Crippen LogP contribution in [0.15, 0.2) is 12.1 Å². The van der Waals surface area contributed by atoms with Gasteiger partial charge in [-0.05, 0) is 31.8 Å². The van der Waals surface area contributed by atoms with E-state index in [4.69, 9.17) is 26.8 Å². The van der Waals surface area contributed by atoms with Crippen molar-refractivity contribution in [3.05, 3.63) is 22.7 Å². The number of carbonyl (C=O) groups excluding carboxylic acids is 1. The molecule has 21 heavy (non-hydrogen) atoms. The van der Waals surface area contributed by atoms with Crippen molar-refractivity contribution in [2.75, 3.05) is 40.4 Å². The Morgan fingerprint density at radius 1 is 1.43 bits per heavy atom. The number of hydrogen-bond donors (Lipinski definition) is 2. The minimum atomic E-state index is -0.613. The van der Waals surface area contributed by atoms with Crippen LogP contribution in [-0.2, 0) is 4.79 Å². The SMILES string of the molecule is CN(C)CCNC(C(N)=O)c1cc(Cl)c2c(c1)OCCO2. The van der Waals surface area contributed by atoms with E-state index in [1.807, 2.05) is 19.0 Å². The number of likely N-dealkylation sites (N-methyl/N-ethyl adjacent to an activating group) is 1. The summed E-state index contributed by atoms with van der Waals surface area (Å²) in [5.41, 5.74) is 6.16. The third-order valence-corrected chi connectivity index (χ3v) is 3.43. The average Bonchev–Trinajstić information content (AvgIpc) is 2.43. The molecule has 1 aliphatic heterocycles. The van der Waals surface area contributed by atoms with Gasteiger partial charge in [-0.3, -0.25) is 4.79 Å². The van der Waals surface area contributed by atoms with Gasteiger partial charge in [0.25, 0.3) is 0 Å². The Kier molecular flexibility index (Phi) is 5.27. The van der Waals surface area contributed by atoms with Crippen molar-refractivity contribution in [2.45, 2.75) is 6.04 Å². The van der Waals surface area contributed by atoms with Crippen LogP contribution in [0.2, 0.25) is 5.02 Å². The summed E-state index contributed by atoms with van der Waals surface area (Å²) in [6.07, 6.45) is 0. The molecular weight excluding hydrogens is 294 g/mol. The Balaban J connectivity index is 2.20. The summed E-state index contributed by atoms with van der Waals surface area (Å²) in [5, 5.41) is 3.55. The maximum Gasteiger partial charge on any atom is 0.239 e. The molecule has 6 nitrogen and oxygen atoms in total. The van der Waals surface area contributed by atoms with Crippen LogP contribution in [0.3, 0.4) is 0 Å². The molecule has 0 bridgehead atoms. The van der Waals surface area contributed by atoms with Gasteiger partial charge in [-0.2, -0.15) is 0 Å². The first-order chi connectivity index (χ1) is 9.99. The summed E-state index contributed by atoms with van der Waals surface area (Å²) >= 11 is 6.19. The van der Waals surface area contributed by atoms with Crippen molar-refractivity contribution in [3.8, 4) is 11.5 Å². The van der Waals surface area contributed by atoms with E-state index in [0.29, 0.717) is 41.8 Å². The van der Waals surface area contributed by atoms with Crippen molar-refractivity contribution < 1.29 is 14.3 Å². The highest BCUT2D eigenvalue weighted by Crippen LogP contribution is 2.39. The van der Waals surface area contributed by atoms with Gasteiger partial charge in [-0.15, -0.1) is 0 Å². The van der Waals surface area contributed by atoms with Gasteiger partial charge in [-0.25, -0.2) is 0 Å². The first-order valence-electron chi connectivity index (χ1n) is 6.75. The third kappa shape index (κ3) is 4.00. The molecule has 1 atom stereocenters. The lowest BCUT2D eigenvalue weighted by molar-refractivity contribution is -0.120. The Bertz CT molecular complexity index is 522. The van der Waals surface area contributed by atoms with Crippen LogP contribution in [0.1, 0.15) is 11.6 Å². The highest BCUT2D eigenvalue weighted by atomic mass is 35.5. The summed E-state index contributed by atoms with van der Waals surface area (Å²) in [7, 11) is 3.92. The molecule has 3 N–H and O–H groups in total. The highest BCUT2D eigenvalue weighted by molar-refractivity contribution is 6.32. The molecule has 116 valence electrons. The number of halogens is 1. The Morgan fingerprint density at radius 2 is 2.14 bits per heavy atom. The quantitative estimate of drug-likeness (QED) is 0.812. The zero-order valence-corrected chi connectivity index (χ0v) is 12.9. The van der Waals surface area contributed by atoms with E-state index >= 15 is 0 Å². The van der Waals surface area contributed by atoms with Gasteiger partial charge in [0.1, 0.15) is 19.3 Å². The van der Waals surface area contributed by atoms with Crippen LogP contribution in [-0.4, -0.2) is 51.2 Å². The number of nitrogens with one attached hydrogen (secondary N) is 1.